The summed E-state index contributed by atoms with van der Waals surface area (Å²) in [6, 6.07) is 3.79. The van der Waals surface area contributed by atoms with E-state index in [0.717, 1.165) is 6.07 Å². The summed E-state index contributed by atoms with van der Waals surface area (Å²) >= 11 is 0. The van der Waals surface area contributed by atoms with Crippen molar-refractivity contribution in [2.75, 3.05) is 11.1 Å². The van der Waals surface area contributed by atoms with Crippen molar-refractivity contribution >= 4 is 17.3 Å². The van der Waals surface area contributed by atoms with Gasteiger partial charge in [-0.05, 0) is 12.1 Å². The molecule has 0 saturated heterocycles. The van der Waals surface area contributed by atoms with E-state index in [1.807, 2.05) is 0 Å². The number of hydrogen-bond donors (Lipinski definition) is 2. The Morgan fingerprint density at radius 2 is 1.88 bits per heavy atom. The van der Waals surface area contributed by atoms with Crippen LogP contribution in [0.3, 0.4) is 0 Å². The van der Waals surface area contributed by atoms with Crippen LogP contribution in [-0.4, -0.2) is 9.97 Å². The molecular formula is C10H8F2N4. The number of nitrogens with two attached hydrogens (primary N) is 1. The summed E-state index contributed by atoms with van der Waals surface area (Å²) in [6.45, 7) is 0. The molecule has 2 rings (SSSR count). The molecule has 82 valence electrons. The van der Waals surface area contributed by atoms with Crippen molar-refractivity contribution in [2.45, 2.75) is 0 Å². The number of aromatic nitrogens is 2. The topological polar surface area (TPSA) is 63.8 Å². The highest BCUT2D eigenvalue weighted by Crippen LogP contribution is 2.22. The van der Waals surface area contributed by atoms with Crippen LogP contribution < -0.4 is 11.1 Å². The Morgan fingerprint density at radius 3 is 2.62 bits per heavy atom. The second-order valence-electron chi connectivity index (χ2n) is 3.02. The molecule has 6 heteroatoms. The van der Waals surface area contributed by atoms with Crippen molar-refractivity contribution in [3.05, 3.63) is 42.2 Å². The molecule has 0 aliphatic rings. The van der Waals surface area contributed by atoms with Gasteiger partial charge in [-0.25, -0.2) is 18.7 Å². The molecule has 0 atom stereocenters. The normalized spacial score (nSPS) is 10.1. The maximum absolute atomic E-state index is 13.3. The molecule has 16 heavy (non-hydrogen) atoms. The van der Waals surface area contributed by atoms with E-state index < -0.39 is 11.6 Å². The van der Waals surface area contributed by atoms with Gasteiger partial charge in [0.2, 0.25) is 0 Å². The van der Waals surface area contributed by atoms with E-state index in [9.17, 15) is 8.78 Å². The summed E-state index contributed by atoms with van der Waals surface area (Å²) in [7, 11) is 0. The molecule has 1 aromatic carbocycles. The zero-order valence-electron chi connectivity index (χ0n) is 8.11. The number of anilines is 3. The van der Waals surface area contributed by atoms with Gasteiger partial charge >= 0.3 is 0 Å². The molecule has 0 spiro atoms. The van der Waals surface area contributed by atoms with Crippen LogP contribution in [0.25, 0.3) is 0 Å². The number of nitrogens with one attached hydrogen (secondary N) is 1. The first-order valence-electron chi connectivity index (χ1n) is 4.46. The van der Waals surface area contributed by atoms with E-state index in [1.165, 1.54) is 24.5 Å². The van der Waals surface area contributed by atoms with Gasteiger partial charge in [0, 0.05) is 12.4 Å². The molecule has 0 aliphatic heterocycles. The van der Waals surface area contributed by atoms with Gasteiger partial charge < -0.3 is 11.1 Å². The highest BCUT2D eigenvalue weighted by atomic mass is 19.2. The third kappa shape index (κ3) is 1.90. The van der Waals surface area contributed by atoms with Crippen molar-refractivity contribution in [3.8, 4) is 0 Å². The van der Waals surface area contributed by atoms with Crippen LogP contribution in [-0.2, 0) is 0 Å². The van der Waals surface area contributed by atoms with Crippen LogP contribution in [0, 0.1) is 11.6 Å². The number of halogens is 2. The quantitative estimate of drug-likeness (QED) is 0.816. The van der Waals surface area contributed by atoms with Crippen LogP contribution >= 0.6 is 0 Å². The molecule has 4 nitrogen and oxygen atoms in total. The Bertz CT molecular complexity index is 516. The van der Waals surface area contributed by atoms with Gasteiger partial charge in [0.05, 0.1) is 5.69 Å². The first-order chi connectivity index (χ1) is 7.68. The van der Waals surface area contributed by atoms with E-state index in [1.54, 1.807) is 0 Å². The minimum Gasteiger partial charge on any atom is -0.381 e. The Labute approximate surface area is 90.1 Å². The summed E-state index contributed by atoms with van der Waals surface area (Å²) in [4.78, 5) is 7.62. The number of hydrogen-bond acceptors (Lipinski definition) is 4. The zero-order chi connectivity index (χ0) is 11.5. The molecule has 0 bridgehead atoms. The third-order valence-corrected chi connectivity index (χ3v) is 1.93. The standard InChI is InChI=1S/C10H8F2N4/c11-6-2-1-3-7(8(6)12)16-10-9(13)14-4-5-15-10/h1-5H,(H2,13,14)(H,15,16). The summed E-state index contributed by atoms with van der Waals surface area (Å²) in [5.41, 5.74) is 5.47. The molecule has 0 unspecified atom stereocenters. The maximum atomic E-state index is 13.3. The number of nitrogen functional groups attached to an aromatic ring is 1. The number of benzene rings is 1. The van der Waals surface area contributed by atoms with E-state index in [2.05, 4.69) is 15.3 Å². The van der Waals surface area contributed by atoms with E-state index in [0.29, 0.717) is 0 Å². The Morgan fingerprint density at radius 1 is 1.12 bits per heavy atom. The summed E-state index contributed by atoms with van der Waals surface area (Å²) in [6.07, 6.45) is 2.80. The predicted octanol–water partition coefficient (Wildman–Crippen LogP) is 2.08. The van der Waals surface area contributed by atoms with E-state index in [-0.39, 0.29) is 17.3 Å². The van der Waals surface area contributed by atoms with Crippen molar-refractivity contribution in [1.29, 1.82) is 0 Å². The average Bonchev–Trinajstić information content (AvgIpc) is 2.28. The average molecular weight is 222 g/mol. The lowest BCUT2D eigenvalue weighted by Crippen LogP contribution is -2.02. The predicted molar refractivity (Wildman–Crippen MR) is 56.1 cm³/mol. The lowest BCUT2D eigenvalue weighted by Gasteiger charge is -2.07. The molecule has 0 aliphatic carbocycles. The smallest absolute Gasteiger partial charge is 0.182 e. The fourth-order valence-corrected chi connectivity index (χ4v) is 1.17. The lowest BCUT2D eigenvalue weighted by molar-refractivity contribution is 0.511. The molecule has 0 amide bonds. The van der Waals surface area contributed by atoms with Crippen LogP contribution in [0.1, 0.15) is 0 Å². The second-order valence-corrected chi connectivity index (χ2v) is 3.02. The van der Waals surface area contributed by atoms with Gasteiger partial charge in [-0.15, -0.1) is 0 Å². The van der Waals surface area contributed by atoms with Gasteiger partial charge in [-0.2, -0.15) is 0 Å². The van der Waals surface area contributed by atoms with Crippen molar-refractivity contribution < 1.29 is 8.78 Å². The first kappa shape index (κ1) is 10.3. The molecule has 0 saturated carbocycles. The molecule has 0 fully saturated rings. The van der Waals surface area contributed by atoms with Gasteiger partial charge in [-0.3, -0.25) is 0 Å². The van der Waals surface area contributed by atoms with Crippen LogP contribution in [0.5, 0.6) is 0 Å². The summed E-state index contributed by atoms with van der Waals surface area (Å²) < 4.78 is 26.2. The highest BCUT2D eigenvalue weighted by Gasteiger charge is 2.09. The minimum atomic E-state index is -0.979. The second kappa shape index (κ2) is 4.09. The van der Waals surface area contributed by atoms with Crippen LogP contribution in [0.4, 0.5) is 26.1 Å². The molecular weight excluding hydrogens is 214 g/mol. The van der Waals surface area contributed by atoms with Crippen LogP contribution in [0.2, 0.25) is 0 Å². The van der Waals surface area contributed by atoms with Crippen molar-refractivity contribution in [3.63, 3.8) is 0 Å². The van der Waals surface area contributed by atoms with Crippen LogP contribution in [0.15, 0.2) is 30.6 Å². The summed E-state index contributed by atoms with van der Waals surface area (Å²) in [5.74, 6) is -1.61. The zero-order valence-corrected chi connectivity index (χ0v) is 8.11. The fraction of sp³-hybridized carbons (Fsp3) is 0. The van der Waals surface area contributed by atoms with Gasteiger partial charge in [0.15, 0.2) is 23.3 Å². The molecule has 2 aromatic rings. The lowest BCUT2D eigenvalue weighted by atomic mass is 10.3. The number of rotatable bonds is 2. The number of nitrogens with zero attached hydrogens (tertiary/aromatic N) is 2. The Hall–Kier alpha value is -2.24. The third-order valence-electron chi connectivity index (χ3n) is 1.93. The molecule has 1 aromatic heterocycles. The minimum absolute atomic E-state index is 0.0350. The molecule has 3 N–H and O–H groups in total. The van der Waals surface area contributed by atoms with E-state index in [4.69, 9.17) is 5.73 Å². The maximum Gasteiger partial charge on any atom is 0.182 e. The monoisotopic (exact) mass is 222 g/mol. The van der Waals surface area contributed by atoms with E-state index >= 15 is 0 Å². The first-order valence-corrected chi connectivity index (χ1v) is 4.46. The van der Waals surface area contributed by atoms with Crippen molar-refractivity contribution in [1.82, 2.24) is 9.97 Å². The molecule has 0 radical (unpaired) electrons. The Kier molecular flexibility index (Phi) is 2.63. The van der Waals surface area contributed by atoms with Gasteiger partial charge in [0.25, 0.3) is 0 Å². The fourth-order valence-electron chi connectivity index (χ4n) is 1.17. The van der Waals surface area contributed by atoms with Gasteiger partial charge in [0.1, 0.15) is 0 Å². The SMILES string of the molecule is Nc1nccnc1Nc1cccc(F)c1F. The largest absolute Gasteiger partial charge is 0.381 e. The molecule has 1 heterocycles. The highest BCUT2D eigenvalue weighted by molar-refractivity contribution is 5.65. The Balaban J connectivity index is 2.35. The summed E-state index contributed by atoms with van der Waals surface area (Å²) in [5, 5.41) is 2.57. The van der Waals surface area contributed by atoms with Crippen molar-refractivity contribution in [2.24, 2.45) is 0 Å². The van der Waals surface area contributed by atoms with Gasteiger partial charge in [-0.1, -0.05) is 6.07 Å².